The highest BCUT2D eigenvalue weighted by atomic mass is 35.5. The van der Waals surface area contributed by atoms with Crippen LogP contribution < -0.4 is 0 Å². The molecule has 3 nitrogen and oxygen atoms in total. The summed E-state index contributed by atoms with van der Waals surface area (Å²) in [6.07, 6.45) is 0. The topological polar surface area (TPSA) is 30.2 Å². The molecule has 0 amide bonds. The summed E-state index contributed by atoms with van der Waals surface area (Å²) in [5.41, 5.74) is 4.31. The molecule has 0 saturated heterocycles. The number of benzene rings is 1. The highest BCUT2D eigenvalue weighted by Gasteiger charge is 2.17. The van der Waals surface area contributed by atoms with Crippen molar-refractivity contribution in [3.8, 4) is 11.1 Å². The molecular weight excluding hydrogens is 281 g/mol. The summed E-state index contributed by atoms with van der Waals surface area (Å²) in [6.45, 7) is 3.77. The Morgan fingerprint density at radius 1 is 1.05 bits per heavy atom. The van der Waals surface area contributed by atoms with E-state index in [0.29, 0.717) is 16.0 Å². The minimum atomic E-state index is 0.412. The van der Waals surface area contributed by atoms with E-state index >= 15 is 0 Å². The molecule has 1 aromatic carbocycles. The van der Waals surface area contributed by atoms with Gasteiger partial charge in [0.15, 0.2) is 5.65 Å². The maximum Gasteiger partial charge on any atom is 0.166 e. The molecule has 0 fully saturated rings. The van der Waals surface area contributed by atoms with E-state index in [-0.39, 0.29) is 0 Å². The predicted octanol–water partition coefficient (Wildman–Crippen LogP) is 4.32. The number of hydrogen-bond donors (Lipinski definition) is 0. The van der Waals surface area contributed by atoms with E-state index in [1.807, 2.05) is 44.2 Å². The number of fused-ring (bicyclic) bond motifs is 1. The van der Waals surface area contributed by atoms with Gasteiger partial charge < -0.3 is 0 Å². The van der Waals surface area contributed by atoms with Crippen LogP contribution in [0, 0.1) is 13.8 Å². The molecule has 0 bridgehead atoms. The van der Waals surface area contributed by atoms with Gasteiger partial charge in [-0.25, -0.2) is 9.50 Å². The SMILES string of the molecule is Cc1nn2c(Cl)c(C)c(Cl)nc2c1-c1ccccc1. The quantitative estimate of drug-likeness (QED) is 0.625. The van der Waals surface area contributed by atoms with Crippen molar-refractivity contribution >= 4 is 28.8 Å². The maximum absolute atomic E-state index is 6.28. The van der Waals surface area contributed by atoms with Gasteiger partial charge in [0.25, 0.3) is 0 Å². The van der Waals surface area contributed by atoms with E-state index < -0.39 is 0 Å². The van der Waals surface area contributed by atoms with E-state index in [1.165, 1.54) is 0 Å². The Bertz CT molecular complexity index is 763. The number of nitrogens with zero attached hydrogens (tertiary/aromatic N) is 3. The van der Waals surface area contributed by atoms with E-state index in [0.717, 1.165) is 22.4 Å². The van der Waals surface area contributed by atoms with Crippen LogP contribution in [0.3, 0.4) is 0 Å². The van der Waals surface area contributed by atoms with E-state index in [1.54, 1.807) is 4.52 Å². The fourth-order valence-electron chi connectivity index (χ4n) is 2.12. The second-order valence-electron chi connectivity index (χ2n) is 4.38. The Morgan fingerprint density at radius 2 is 1.74 bits per heavy atom. The summed E-state index contributed by atoms with van der Waals surface area (Å²) in [7, 11) is 0. The van der Waals surface area contributed by atoms with Crippen molar-refractivity contribution in [2.45, 2.75) is 13.8 Å². The van der Waals surface area contributed by atoms with Crippen molar-refractivity contribution in [2.24, 2.45) is 0 Å². The summed E-state index contributed by atoms with van der Waals surface area (Å²) >= 11 is 12.4. The van der Waals surface area contributed by atoms with Crippen LogP contribution in [-0.4, -0.2) is 14.6 Å². The summed E-state index contributed by atoms with van der Waals surface area (Å²) in [6, 6.07) is 9.98. The molecule has 2 aromatic heterocycles. The van der Waals surface area contributed by atoms with Crippen LogP contribution in [0.5, 0.6) is 0 Å². The first-order valence-corrected chi connectivity index (χ1v) is 6.61. The minimum absolute atomic E-state index is 0.412. The zero-order chi connectivity index (χ0) is 13.6. The second kappa shape index (κ2) is 4.51. The van der Waals surface area contributed by atoms with Crippen LogP contribution in [-0.2, 0) is 0 Å². The fraction of sp³-hybridized carbons (Fsp3) is 0.143. The van der Waals surface area contributed by atoms with Crippen LogP contribution in [0.15, 0.2) is 30.3 Å². The van der Waals surface area contributed by atoms with Crippen molar-refractivity contribution < 1.29 is 0 Å². The Morgan fingerprint density at radius 3 is 2.42 bits per heavy atom. The lowest BCUT2D eigenvalue weighted by Gasteiger charge is -2.04. The summed E-state index contributed by atoms with van der Waals surface area (Å²) in [5, 5.41) is 5.37. The predicted molar refractivity (Wildman–Crippen MR) is 77.9 cm³/mol. The normalized spacial score (nSPS) is 11.2. The maximum atomic E-state index is 6.28. The summed E-state index contributed by atoms with van der Waals surface area (Å²) in [4.78, 5) is 4.41. The lowest BCUT2D eigenvalue weighted by atomic mass is 10.1. The molecule has 96 valence electrons. The molecule has 0 spiro atoms. The molecule has 19 heavy (non-hydrogen) atoms. The largest absolute Gasteiger partial charge is 0.216 e. The zero-order valence-corrected chi connectivity index (χ0v) is 12.0. The molecular formula is C14H11Cl2N3. The van der Waals surface area contributed by atoms with Crippen molar-refractivity contribution in [1.82, 2.24) is 14.6 Å². The molecule has 0 unspecified atom stereocenters. The summed E-state index contributed by atoms with van der Waals surface area (Å²) < 4.78 is 1.64. The molecule has 3 rings (SSSR count). The number of aryl methyl sites for hydroxylation is 1. The zero-order valence-electron chi connectivity index (χ0n) is 10.5. The summed E-state index contributed by atoms with van der Waals surface area (Å²) in [5.74, 6) is 0. The van der Waals surface area contributed by atoms with E-state index in [4.69, 9.17) is 23.2 Å². The Labute approximate surface area is 120 Å². The fourth-order valence-corrected chi connectivity index (χ4v) is 2.54. The molecule has 0 saturated carbocycles. The lowest BCUT2D eigenvalue weighted by molar-refractivity contribution is 0.908. The highest BCUT2D eigenvalue weighted by Crippen LogP contribution is 2.31. The van der Waals surface area contributed by atoms with Crippen LogP contribution in [0.4, 0.5) is 0 Å². The number of hydrogen-bond acceptors (Lipinski definition) is 2. The molecule has 5 heteroatoms. The number of rotatable bonds is 1. The van der Waals surface area contributed by atoms with Gasteiger partial charge in [-0.3, -0.25) is 0 Å². The minimum Gasteiger partial charge on any atom is -0.216 e. The van der Waals surface area contributed by atoms with Crippen LogP contribution >= 0.6 is 23.2 Å². The average molecular weight is 292 g/mol. The molecule has 0 aliphatic rings. The second-order valence-corrected chi connectivity index (χ2v) is 5.10. The molecule has 0 radical (unpaired) electrons. The third-order valence-electron chi connectivity index (χ3n) is 3.11. The van der Waals surface area contributed by atoms with Gasteiger partial charge in [-0.1, -0.05) is 53.5 Å². The van der Waals surface area contributed by atoms with Crippen LogP contribution in [0.1, 0.15) is 11.3 Å². The van der Waals surface area contributed by atoms with Crippen LogP contribution in [0.2, 0.25) is 10.3 Å². The Balaban J connectivity index is 2.41. The van der Waals surface area contributed by atoms with Crippen molar-refractivity contribution in [1.29, 1.82) is 0 Å². The Hall–Kier alpha value is -1.58. The smallest absolute Gasteiger partial charge is 0.166 e. The Kier molecular flexibility index (Phi) is 2.96. The molecule has 3 aromatic rings. The molecule has 0 aliphatic carbocycles. The van der Waals surface area contributed by atoms with Crippen molar-refractivity contribution in [2.75, 3.05) is 0 Å². The molecule has 0 N–H and O–H groups in total. The third kappa shape index (κ3) is 1.90. The van der Waals surface area contributed by atoms with Gasteiger partial charge in [0.1, 0.15) is 10.3 Å². The first kappa shape index (κ1) is 12.5. The monoisotopic (exact) mass is 291 g/mol. The molecule has 0 aliphatic heterocycles. The van der Waals surface area contributed by atoms with Gasteiger partial charge in [-0.15, -0.1) is 0 Å². The number of halogens is 2. The van der Waals surface area contributed by atoms with E-state index in [2.05, 4.69) is 10.1 Å². The highest BCUT2D eigenvalue weighted by molar-refractivity contribution is 6.34. The number of aromatic nitrogens is 3. The van der Waals surface area contributed by atoms with Gasteiger partial charge in [-0.05, 0) is 19.4 Å². The standard InChI is InChI=1S/C14H11Cl2N3/c1-8-12(15)17-14-11(10-6-4-3-5-7-10)9(2)18-19(14)13(8)16/h3-7H,1-2H3. The van der Waals surface area contributed by atoms with Crippen LogP contribution in [0.25, 0.3) is 16.8 Å². The average Bonchev–Trinajstić information content (AvgIpc) is 2.74. The lowest BCUT2D eigenvalue weighted by Crippen LogP contribution is -1.96. The van der Waals surface area contributed by atoms with Gasteiger partial charge in [0, 0.05) is 11.1 Å². The first-order valence-electron chi connectivity index (χ1n) is 5.86. The van der Waals surface area contributed by atoms with E-state index in [9.17, 15) is 0 Å². The molecule has 2 heterocycles. The molecule has 0 atom stereocenters. The van der Waals surface area contributed by atoms with Gasteiger partial charge in [-0.2, -0.15) is 5.10 Å². The van der Waals surface area contributed by atoms with Crippen molar-refractivity contribution in [3.05, 3.63) is 51.9 Å². The van der Waals surface area contributed by atoms with Crippen molar-refractivity contribution in [3.63, 3.8) is 0 Å². The van der Waals surface area contributed by atoms with Gasteiger partial charge >= 0.3 is 0 Å². The van der Waals surface area contributed by atoms with Gasteiger partial charge in [0.2, 0.25) is 0 Å². The third-order valence-corrected chi connectivity index (χ3v) is 3.92. The van der Waals surface area contributed by atoms with Gasteiger partial charge in [0.05, 0.1) is 5.69 Å². The first-order chi connectivity index (χ1) is 9.09.